The Kier molecular flexibility index (Phi) is 4.32. The van der Waals surface area contributed by atoms with Crippen molar-refractivity contribution in [3.8, 4) is 0 Å². The fraction of sp³-hybridized carbons (Fsp3) is 0.600. The van der Waals surface area contributed by atoms with E-state index in [1.807, 2.05) is 13.8 Å². The number of aliphatic hydroxyl groups is 1. The second-order valence-corrected chi connectivity index (χ2v) is 4.27. The molecule has 0 spiro atoms. The molecule has 0 aliphatic rings. The van der Waals surface area contributed by atoms with Crippen molar-refractivity contribution < 1.29 is 5.11 Å². The molecule has 1 aromatic heterocycles. The summed E-state index contributed by atoms with van der Waals surface area (Å²) < 4.78 is 0. The van der Waals surface area contributed by atoms with Crippen LogP contribution in [0.2, 0.25) is 5.28 Å². The van der Waals surface area contributed by atoms with Gasteiger partial charge in [-0.15, -0.1) is 0 Å². The highest BCUT2D eigenvalue weighted by Crippen LogP contribution is 2.22. The van der Waals surface area contributed by atoms with Gasteiger partial charge in [0, 0.05) is 12.6 Å². The largest absolute Gasteiger partial charge is 0.396 e. The first-order valence-corrected chi connectivity index (χ1v) is 5.50. The first-order chi connectivity index (χ1) is 7.45. The molecule has 16 heavy (non-hydrogen) atoms. The lowest BCUT2D eigenvalue weighted by Gasteiger charge is -2.21. The molecule has 2 unspecified atom stereocenters. The first-order valence-electron chi connectivity index (χ1n) is 5.12. The maximum Gasteiger partial charge on any atom is 0.224 e. The number of hydrogen-bond donors (Lipinski definition) is 3. The molecule has 0 saturated carbocycles. The minimum absolute atomic E-state index is 0.0534. The summed E-state index contributed by atoms with van der Waals surface area (Å²) in [5, 5.41) is 12.3. The summed E-state index contributed by atoms with van der Waals surface area (Å²) in [6, 6.07) is 0.0534. The lowest BCUT2D eigenvalue weighted by atomic mass is 10.1. The van der Waals surface area contributed by atoms with E-state index in [2.05, 4.69) is 15.3 Å². The fourth-order valence-electron chi connectivity index (χ4n) is 1.17. The van der Waals surface area contributed by atoms with E-state index in [0.717, 1.165) is 0 Å². The van der Waals surface area contributed by atoms with E-state index in [-0.39, 0.29) is 23.9 Å². The van der Waals surface area contributed by atoms with Crippen LogP contribution < -0.4 is 11.1 Å². The van der Waals surface area contributed by atoms with E-state index in [4.69, 9.17) is 22.4 Å². The number of nitrogen functional groups attached to an aromatic ring is 1. The van der Waals surface area contributed by atoms with Crippen molar-refractivity contribution in [3.63, 3.8) is 0 Å². The third-order valence-electron chi connectivity index (χ3n) is 2.61. The lowest BCUT2D eigenvalue weighted by molar-refractivity contribution is 0.226. The van der Waals surface area contributed by atoms with Gasteiger partial charge < -0.3 is 16.2 Å². The number of aliphatic hydroxyl groups excluding tert-OH is 1. The smallest absolute Gasteiger partial charge is 0.224 e. The van der Waals surface area contributed by atoms with E-state index in [1.54, 1.807) is 6.92 Å². The standard InChI is InChI=1S/C10H17ClN4O/c1-5(4-16)6(2)13-9-8(12)7(3)14-10(11)15-9/h5-6,16H,4,12H2,1-3H3,(H,13,14,15). The quantitative estimate of drug-likeness (QED) is 0.699. The molecule has 0 aliphatic carbocycles. The Morgan fingerprint density at radius 2 is 2.06 bits per heavy atom. The molecule has 5 nitrogen and oxygen atoms in total. The number of rotatable bonds is 4. The van der Waals surface area contributed by atoms with Gasteiger partial charge in [0.15, 0.2) is 5.82 Å². The van der Waals surface area contributed by atoms with Gasteiger partial charge >= 0.3 is 0 Å². The van der Waals surface area contributed by atoms with Crippen LogP contribution in [0.3, 0.4) is 0 Å². The number of nitrogens with one attached hydrogen (secondary N) is 1. The SMILES string of the molecule is Cc1nc(Cl)nc(NC(C)C(C)CO)c1N. The molecule has 0 saturated heterocycles. The number of hydrogen-bond acceptors (Lipinski definition) is 5. The topological polar surface area (TPSA) is 84.1 Å². The third-order valence-corrected chi connectivity index (χ3v) is 2.78. The Hall–Kier alpha value is -1.07. The molecule has 0 bridgehead atoms. The zero-order chi connectivity index (χ0) is 12.3. The van der Waals surface area contributed by atoms with Gasteiger partial charge in [0.2, 0.25) is 5.28 Å². The minimum Gasteiger partial charge on any atom is -0.396 e. The summed E-state index contributed by atoms with van der Waals surface area (Å²) in [6.45, 7) is 5.76. The molecule has 90 valence electrons. The average molecular weight is 245 g/mol. The highest BCUT2D eigenvalue weighted by atomic mass is 35.5. The van der Waals surface area contributed by atoms with Gasteiger partial charge in [0.25, 0.3) is 0 Å². The Morgan fingerprint density at radius 1 is 1.44 bits per heavy atom. The predicted octanol–water partition coefficient (Wildman–Crippen LogP) is 1.45. The summed E-state index contributed by atoms with van der Waals surface area (Å²) in [6.07, 6.45) is 0. The van der Waals surface area contributed by atoms with E-state index in [0.29, 0.717) is 17.2 Å². The lowest BCUT2D eigenvalue weighted by Crippen LogP contribution is -2.27. The number of anilines is 2. The summed E-state index contributed by atoms with van der Waals surface area (Å²) in [4.78, 5) is 7.97. The Labute approximate surface area is 100 Å². The molecule has 0 aromatic carbocycles. The summed E-state index contributed by atoms with van der Waals surface area (Å²) >= 11 is 5.75. The van der Waals surface area contributed by atoms with Crippen LogP contribution in [0, 0.1) is 12.8 Å². The van der Waals surface area contributed by atoms with Gasteiger partial charge in [-0.1, -0.05) is 6.92 Å². The van der Waals surface area contributed by atoms with Crippen molar-refractivity contribution in [2.45, 2.75) is 26.8 Å². The van der Waals surface area contributed by atoms with Gasteiger partial charge in [0.05, 0.1) is 11.4 Å². The fourth-order valence-corrected chi connectivity index (χ4v) is 1.38. The molecule has 0 fully saturated rings. The van der Waals surface area contributed by atoms with Crippen LogP contribution in [0.1, 0.15) is 19.5 Å². The molecular formula is C10H17ClN4O. The Morgan fingerprint density at radius 3 is 2.62 bits per heavy atom. The molecular weight excluding hydrogens is 228 g/mol. The van der Waals surface area contributed by atoms with Crippen molar-refractivity contribution in [2.75, 3.05) is 17.7 Å². The Balaban J connectivity index is 2.88. The summed E-state index contributed by atoms with van der Waals surface area (Å²) in [7, 11) is 0. The summed E-state index contributed by atoms with van der Waals surface area (Å²) in [5.41, 5.74) is 6.96. The zero-order valence-electron chi connectivity index (χ0n) is 9.66. The maximum atomic E-state index is 9.03. The predicted molar refractivity (Wildman–Crippen MR) is 65.5 cm³/mol. The van der Waals surface area contributed by atoms with Crippen molar-refractivity contribution >= 4 is 23.1 Å². The van der Waals surface area contributed by atoms with Crippen molar-refractivity contribution in [3.05, 3.63) is 11.0 Å². The van der Waals surface area contributed by atoms with Gasteiger partial charge in [-0.3, -0.25) is 0 Å². The van der Waals surface area contributed by atoms with Crippen LogP contribution in [-0.2, 0) is 0 Å². The third kappa shape index (κ3) is 2.96. The minimum atomic E-state index is 0.0534. The van der Waals surface area contributed by atoms with Crippen LogP contribution in [0.4, 0.5) is 11.5 Å². The molecule has 1 heterocycles. The monoisotopic (exact) mass is 244 g/mol. The zero-order valence-corrected chi connectivity index (χ0v) is 10.4. The molecule has 1 rings (SSSR count). The van der Waals surface area contributed by atoms with Crippen LogP contribution in [0.25, 0.3) is 0 Å². The number of aryl methyl sites for hydroxylation is 1. The van der Waals surface area contributed by atoms with Crippen LogP contribution in [-0.4, -0.2) is 27.7 Å². The number of aromatic nitrogens is 2. The van der Waals surface area contributed by atoms with E-state index in [1.165, 1.54) is 0 Å². The number of halogens is 1. The van der Waals surface area contributed by atoms with Crippen LogP contribution in [0.5, 0.6) is 0 Å². The molecule has 1 aromatic rings. The normalized spacial score (nSPS) is 14.6. The van der Waals surface area contributed by atoms with E-state index < -0.39 is 0 Å². The highest BCUT2D eigenvalue weighted by Gasteiger charge is 2.14. The molecule has 0 aliphatic heterocycles. The summed E-state index contributed by atoms with van der Waals surface area (Å²) in [5.74, 6) is 0.624. The van der Waals surface area contributed by atoms with E-state index in [9.17, 15) is 0 Å². The van der Waals surface area contributed by atoms with Crippen LogP contribution >= 0.6 is 11.6 Å². The van der Waals surface area contributed by atoms with E-state index >= 15 is 0 Å². The number of nitrogens with zero attached hydrogens (tertiary/aromatic N) is 2. The van der Waals surface area contributed by atoms with Gasteiger partial charge in [-0.25, -0.2) is 4.98 Å². The second-order valence-electron chi connectivity index (χ2n) is 3.93. The van der Waals surface area contributed by atoms with Gasteiger partial charge in [0.1, 0.15) is 0 Å². The van der Waals surface area contributed by atoms with Gasteiger partial charge in [-0.2, -0.15) is 4.98 Å². The highest BCUT2D eigenvalue weighted by molar-refractivity contribution is 6.28. The van der Waals surface area contributed by atoms with Crippen molar-refractivity contribution in [1.29, 1.82) is 0 Å². The first kappa shape index (κ1) is 13.0. The molecule has 2 atom stereocenters. The maximum absolute atomic E-state index is 9.03. The Bertz CT molecular complexity index is 372. The van der Waals surface area contributed by atoms with Gasteiger partial charge in [-0.05, 0) is 31.4 Å². The second kappa shape index (κ2) is 5.32. The molecule has 0 amide bonds. The van der Waals surface area contributed by atoms with Crippen LogP contribution in [0.15, 0.2) is 0 Å². The molecule has 4 N–H and O–H groups in total. The number of nitrogens with two attached hydrogens (primary N) is 1. The molecule has 0 radical (unpaired) electrons. The average Bonchev–Trinajstić information content (AvgIpc) is 2.23. The molecule has 6 heteroatoms. The van der Waals surface area contributed by atoms with Crippen molar-refractivity contribution in [1.82, 2.24) is 9.97 Å². The van der Waals surface area contributed by atoms with Crippen molar-refractivity contribution in [2.24, 2.45) is 5.92 Å².